The lowest BCUT2D eigenvalue weighted by atomic mass is 10.1. The average Bonchev–Trinajstić information content (AvgIpc) is 2.63. The van der Waals surface area contributed by atoms with Gasteiger partial charge in [-0.1, -0.05) is 0 Å². The summed E-state index contributed by atoms with van der Waals surface area (Å²) in [6, 6.07) is 1.69. The van der Waals surface area contributed by atoms with E-state index in [4.69, 9.17) is 0 Å². The lowest BCUT2D eigenvalue weighted by Gasteiger charge is -2.20. The van der Waals surface area contributed by atoms with Gasteiger partial charge in [0.05, 0.1) is 0 Å². The van der Waals surface area contributed by atoms with Crippen molar-refractivity contribution in [3.05, 3.63) is 0 Å². The SMILES string of the molecule is CNC1[C@H]2CCCN(C)[C@@H]12. The molecule has 58 valence electrons. The van der Waals surface area contributed by atoms with Crippen LogP contribution < -0.4 is 5.32 Å². The zero-order valence-electron chi connectivity index (χ0n) is 6.80. The zero-order chi connectivity index (χ0) is 7.14. The first kappa shape index (κ1) is 6.62. The molecule has 0 radical (unpaired) electrons. The van der Waals surface area contributed by atoms with E-state index in [0.29, 0.717) is 0 Å². The molecule has 0 amide bonds. The minimum Gasteiger partial charge on any atom is -0.315 e. The molecule has 1 saturated heterocycles. The number of fused-ring (bicyclic) bond motifs is 1. The Kier molecular flexibility index (Phi) is 1.46. The van der Waals surface area contributed by atoms with Crippen LogP contribution in [0.3, 0.4) is 0 Å². The van der Waals surface area contributed by atoms with Gasteiger partial charge in [0.15, 0.2) is 0 Å². The van der Waals surface area contributed by atoms with E-state index in [0.717, 1.165) is 18.0 Å². The van der Waals surface area contributed by atoms with Crippen LogP contribution >= 0.6 is 0 Å². The Balaban J connectivity index is 1.97. The number of likely N-dealkylation sites (tertiary alicyclic amines) is 1. The fourth-order valence-corrected chi connectivity index (χ4v) is 2.42. The molecule has 2 nitrogen and oxygen atoms in total. The molecule has 1 aliphatic carbocycles. The van der Waals surface area contributed by atoms with Crippen molar-refractivity contribution in [2.24, 2.45) is 5.92 Å². The van der Waals surface area contributed by atoms with Crippen LogP contribution in [0.1, 0.15) is 12.8 Å². The van der Waals surface area contributed by atoms with Gasteiger partial charge >= 0.3 is 0 Å². The van der Waals surface area contributed by atoms with Crippen molar-refractivity contribution in [3.63, 3.8) is 0 Å². The molecule has 0 aromatic rings. The lowest BCUT2D eigenvalue weighted by Crippen LogP contribution is -2.29. The van der Waals surface area contributed by atoms with E-state index in [1.165, 1.54) is 19.4 Å². The number of piperidine rings is 1. The number of rotatable bonds is 1. The molecular weight excluding hydrogens is 124 g/mol. The Bertz CT molecular complexity index is 131. The first-order valence-corrected chi connectivity index (χ1v) is 4.22. The van der Waals surface area contributed by atoms with E-state index in [-0.39, 0.29) is 0 Å². The van der Waals surface area contributed by atoms with Gasteiger partial charge in [0.2, 0.25) is 0 Å². The number of hydrogen-bond acceptors (Lipinski definition) is 2. The molecule has 3 atom stereocenters. The van der Waals surface area contributed by atoms with Gasteiger partial charge in [0.25, 0.3) is 0 Å². The maximum Gasteiger partial charge on any atom is 0.0293 e. The summed E-state index contributed by atoms with van der Waals surface area (Å²) in [5, 5.41) is 3.37. The van der Waals surface area contributed by atoms with Crippen LogP contribution in [0.5, 0.6) is 0 Å². The van der Waals surface area contributed by atoms with Crippen LogP contribution in [-0.4, -0.2) is 37.6 Å². The zero-order valence-corrected chi connectivity index (χ0v) is 6.80. The highest BCUT2D eigenvalue weighted by Crippen LogP contribution is 2.42. The normalized spacial score (nSPS) is 46.8. The van der Waals surface area contributed by atoms with Crippen molar-refractivity contribution in [2.75, 3.05) is 20.6 Å². The quantitative estimate of drug-likeness (QED) is 0.563. The second kappa shape index (κ2) is 2.21. The third-order valence-electron chi connectivity index (χ3n) is 3.02. The number of nitrogens with one attached hydrogen (secondary N) is 1. The van der Waals surface area contributed by atoms with Gasteiger partial charge in [-0.25, -0.2) is 0 Å². The van der Waals surface area contributed by atoms with Crippen molar-refractivity contribution in [3.8, 4) is 0 Å². The minimum atomic E-state index is 0.812. The van der Waals surface area contributed by atoms with Gasteiger partial charge in [-0.15, -0.1) is 0 Å². The highest BCUT2D eigenvalue weighted by molar-refractivity contribution is 5.10. The van der Waals surface area contributed by atoms with Crippen LogP contribution in [0.15, 0.2) is 0 Å². The number of likely N-dealkylation sites (N-methyl/N-ethyl adjacent to an activating group) is 2. The number of nitrogens with zero attached hydrogens (tertiary/aromatic N) is 1. The Morgan fingerprint density at radius 2 is 2.30 bits per heavy atom. The van der Waals surface area contributed by atoms with Crippen LogP contribution in [0, 0.1) is 5.92 Å². The third kappa shape index (κ3) is 0.789. The highest BCUT2D eigenvalue weighted by Gasteiger charge is 2.52. The van der Waals surface area contributed by atoms with E-state index in [1.807, 2.05) is 0 Å². The Morgan fingerprint density at radius 1 is 1.50 bits per heavy atom. The molecule has 2 fully saturated rings. The monoisotopic (exact) mass is 140 g/mol. The van der Waals surface area contributed by atoms with E-state index in [1.54, 1.807) is 0 Å². The van der Waals surface area contributed by atoms with Gasteiger partial charge < -0.3 is 10.2 Å². The van der Waals surface area contributed by atoms with Gasteiger partial charge in [-0.3, -0.25) is 0 Å². The summed E-state index contributed by atoms with van der Waals surface area (Å²) in [6.45, 7) is 1.30. The maximum absolute atomic E-state index is 3.37. The molecule has 10 heavy (non-hydrogen) atoms. The van der Waals surface area contributed by atoms with E-state index in [2.05, 4.69) is 24.3 Å². The first-order valence-electron chi connectivity index (χ1n) is 4.22. The molecule has 0 bridgehead atoms. The van der Waals surface area contributed by atoms with Crippen molar-refractivity contribution in [1.82, 2.24) is 10.2 Å². The summed E-state index contributed by atoms with van der Waals surface area (Å²) >= 11 is 0. The molecule has 2 aliphatic rings. The predicted octanol–water partition coefficient (Wildman–Crippen LogP) is 0.298. The molecule has 1 unspecified atom stereocenters. The Hall–Kier alpha value is -0.0800. The third-order valence-corrected chi connectivity index (χ3v) is 3.02. The molecule has 2 rings (SSSR count). The Labute approximate surface area is 62.6 Å². The van der Waals surface area contributed by atoms with E-state index in [9.17, 15) is 0 Å². The lowest BCUT2D eigenvalue weighted by molar-refractivity contribution is 0.261. The fourth-order valence-electron chi connectivity index (χ4n) is 2.42. The standard InChI is InChI=1S/C8H16N2/c1-9-7-6-4-3-5-10(2)8(6)7/h6-9H,3-5H2,1-2H3/t6-,7?,8-/m1/s1. The average molecular weight is 140 g/mol. The van der Waals surface area contributed by atoms with Gasteiger partial charge in [-0.05, 0) is 39.4 Å². The van der Waals surface area contributed by atoms with E-state index >= 15 is 0 Å². The molecule has 1 N–H and O–H groups in total. The summed E-state index contributed by atoms with van der Waals surface area (Å²) in [4.78, 5) is 2.50. The molecule has 1 aliphatic heterocycles. The molecule has 0 aromatic heterocycles. The molecule has 0 aromatic carbocycles. The summed E-state index contributed by atoms with van der Waals surface area (Å²) in [5.41, 5.74) is 0. The summed E-state index contributed by atoms with van der Waals surface area (Å²) < 4.78 is 0. The second-order valence-corrected chi connectivity index (χ2v) is 3.59. The fraction of sp³-hybridized carbons (Fsp3) is 1.00. The first-order chi connectivity index (χ1) is 4.84. The van der Waals surface area contributed by atoms with Gasteiger partial charge in [-0.2, -0.15) is 0 Å². The van der Waals surface area contributed by atoms with Gasteiger partial charge in [0.1, 0.15) is 0 Å². The molecular formula is C8H16N2. The van der Waals surface area contributed by atoms with Crippen LogP contribution in [-0.2, 0) is 0 Å². The predicted molar refractivity (Wildman–Crippen MR) is 42.0 cm³/mol. The molecule has 1 saturated carbocycles. The van der Waals surface area contributed by atoms with Gasteiger partial charge in [0, 0.05) is 12.1 Å². The molecule has 1 heterocycles. The maximum atomic E-state index is 3.37. The number of hydrogen-bond donors (Lipinski definition) is 1. The Morgan fingerprint density at radius 3 is 2.90 bits per heavy atom. The topological polar surface area (TPSA) is 15.3 Å². The summed E-state index contributed by atoms with van der Waals surface area (Å²) in [6.07, 6.45) is 2.84. The van der Waals surface area contributed by atoms with Crippen molar-refractivity contribution < 1.29 is 0 Å². The van der Waals surface area contributed by atoms with Crippen LogP contribution in [0.4, 0.5) is 0 Å². The van der Waals surface area contributed by atoms with Crippen LogP contribution in [0.2, 0.25) is 0 Å². The van der Waals surface area contributed by atoms with Crippen molar-refractivity contribution >= 4 is 0 Å². The second-order valence-electron chi connectivity index (χ2n) is 3.59. The molecule has 2 heteroatoms. The summed E-state index contributed by atoms with van der Waals surface area (Å²) in [5.74, 6) is 0.976. The van der Waals surface area contributed by atoms with Crippen LogP contribution in [0.25, 0.3) is 0 Å². The largest absolute Gasteiger partial charge is 0.315 e. The van der Waals surface area contributed by atoms with Crippen molar-refractivity contribution in [2.45, 2.75) is 24.9 Å². The summed E-state index contributed by atoms with van der Waals surface area (Å²) in [7, 11) is 4.32. The molecule has 0 spiro atoms. The van der Waals surface area contributed by atoms with Crippen molar-refractivity contribution in [1.29, 1.82) is 0 Å². The smallest absolute Gasteiger partial charge is 0.0293 e. The highest BCUT2D eigenvalue weighted by atomic mass is 15.2. The van der Waals surface area contributed by atoms with E-state index < -0.39 is 0 Å². The minimum absolute atomic E-state index is 0.812.